The smallest absolute Gasteiger partial charge is 0.319 e. The van der Waals surface area contributed by atoms with Gasteiger partial charge >= 0.3 is 6.03 Å². The highest BCUT2D eigenvalue weighted by atomic mass is 16.5. The Bertz CT molecular complexity index is 1040. The maximum Gasteiger partial charge on any atom is 0.319 e. The van der Waals surface area contributed by atoms with E-state index in [1.165, 1.54) is 0 Å². The van der Waals surface area contributed by atoms with Crippen LogP contribution < -0.4 is 20.7 Å². The molecule has 0 unspecified atom stereocenters. The fourth-order valence-corrected chi connectivity index (χ4v) is 2.84. The van der Waals surface area contributed by atoms with Crippen LogP contribution in [0.1, 0.15) is 11.1 Å². The molecular formula is C21H21N5O2. The van der Waals surface area contributed by atoms with Crippen LogP contribution in [0.4, 0.5) is 16.3 Å². The van der Waals surface area contributed by atoms with E-state index < -0.39 is 0 Å². The van der Waals surface area contributed by atoms with E-state index in [9.17, 15) is 10.1 Å². The van der Waals surface area contributed by atoms with Crippen LogP contribution in [0, 0.1) is 18.3 Å². The standard InChI is InChI=1S/C21H21N5O2/c1-14-6-5-7-15-12-16(13-22)20(26-19(14)15)23-10-11-24-21(27)25-17-8-3-4-9-18(17)28-2/h3-9,12H,10-11H2,1-2H3,(H,23,26)(H2,24,25,27). The summed E-state index contributed by atoms with van der Waals surface area (Å²) in [5, 5.41) is 18.9. The lowest BCUT2D eigenvalue weighted by Crippen LogP contribution is -2.32. The van der Waals surface area contributed by atoms with E-state index in [0.29, 0.717) is 35.9 Å². The topological polar surface area (TPSA) is 99.1 Å². The largest absolute Gasteiger partial charge is 0.495 e. The lowest BCUT2D eigenvalue weighted by atomic mass is 10.1. The highest BCUT2D eigenvalue weighted by Crippen LogP contribution is 2.23. The Labute approximate surface area is 163 Å². The second-order valence-electron chi connectivity index (χ2n) is 6.15. The number of methoxy groups -OCH3 is 1. The molecule has 0 aliphatic rings. The third kappa shape index (κ3) is 4.30. The van der Waals surface area contributed by atoms with Crippen molar-refractivity contribution in [2.45, 2.75) is 6.92 Å². The molecule has 3 aromatic rings. The summed E-state index contributed by atoms with van der Waals surface area (Å²) in [6, 6.07) is 16.7. The molecule has 2 amide bonds. The van der Waals surface area contributed by atoms with E-state index in [4.69, 9.17) is 4.74 Å². The van der Waals surface area contributed by atoms with Crippen molar-refractivity contribution in [3.8, 4) is 11.8 Å². The first-order chi connectivity index (χ1) is 13.6. The molecule has 0 aliphatic carbocycles. The number of amides is 2. The zero-order chi connectivity index (χ0) is 19.9. The predicted molar refractivity (Wildman–Crippen MR) is 110 cm³/mol. The molecule has 0 aliphatic heterocycles. The van der Waals surface area contributed by atoms with Crippen LogP contribution in [0.3, 0.4) is 0 Å². The minimum Gasteiger partial charge on any atom is -0.495 e. The minimum absolute atomic E-state index is 0.339. The Kier molecular flexibility index (Phi) is 5.92. The van der Waals surface area contributed by atoms with Gasteiger partial charge in [-0.15, -0.1) is 0 Å². The highest BCUT2D eigenvalue weighted by molar-refractivity contribution is 5.91. The fraction of sp³-hybridized carbons (Fsp3) is 0.190. The van der Waals surface area contributed by atoms with Crippen LogP contribution in [0.15, 0.2) is 48.5 Å². The lowest BCUT2D eigenvalue weighted by Gasteiger charge is -2.12. The second-order valence-corrected chi connectivity index (χ2v) is 6.15. The number of nitriles is 1. The number of ether oxygens (including phenoxy) is 1. The molecule has 0 saturated heterocycles. The summed E-state index contributed by atoms with van der Waals surface area (Å²) in [4.78, 5) is 16.6. The van der Waals surface area contributed by atoms with Gasteiger partial charge in [0.2, 0.25) is 0 Å². The number of fused-ring (bicyclic) bond motifs is 1. The summed E-state index contributed by atoms with van der Waals surface area (Å²) in [5.41, 5.74) is 2.95. The van der Waals surface area contributed by atoms with Gasteiger partial charge in [-0.1, -0.05) is 30.3 Å². The number of anilines is 2. The third-order valence-electron chi connectivity index (χ3n) is 4.23. The van der Waals surface area contributed by atoms with Gasteiger partial charge in [0.1, 0.15) is 17.6 Å². The number of hydrogen-bond acceptors (Lipinski definition) is 5. The first-order valence-corrected chi connectivity index (χ1v) is 8.84. The predicted octanol–water partition coefficient (Wildman–Crippen LogP) is 3.66. The summed E-state index contributed by atoms with van der Waals surface area (Å²) in [5.74, 6) is 1.10. The number of para-hydroxylation sites is 3. The molecule has 0 saturated carbocycles. The Morgan fingerprint density at radius 3 is 2.79 bits per heavy atom. The van der Waals surface area contributed by atoms with Crippen molar-refractivity contribution in [2.24, 2.45) is 0 Å². The molecule has 7 nitrogen and oxygen atoms in total. The summed E-state index contributed by atoms with van der Waals surface area (Å²) in [6.07, 6.45) is 0. The van der Waals surface area contributed by atoms with Gasteiger partial charge in [-0.3, -0.25) is 0 Å². The molecule has 0 fully saturated rings. The molecule has 142 valence electrons. The quantitative estimate of drug-likeness (QED) is 0.571. The Hall–Kier alpha value is -3.79. The molecule has 2 aromatic carbocycles. The molecule has 0 atom stereocenters. The maximum absolute atomic E-state index is 12.1. The number of aromatic nitrogens is 1. The van der Waals surface area contributed by atoms with Gasteiger partial charge < -0.3 is 20.7 Å². The number of nitrogens with zero attached hydrogens (tertiary/aromatic N) is 2. The molecule has 28 heavy (non-hydrogen) atoms. The number of aryl methyl sites for hydroxylation is 1. The number of pyridine rings is 1. The molecule has 1 aromatic heterocycles. The molecule has 3 N–H and O–H groups in total. The number of carbonyl (C=O) groups is 1. The number of benzene rings is 2. The molecule has 1 heterocycles. The van der Waals surface area contributed by atoms with Crippen molar-refractivity contribution < 1.29 is 9.53 Å². The van der Waals surface area contributed by atoms with Gasteiger partial charge in [0, 0.05) is 18.5 Å². The van der Waals surface area contributed by atoms with Crippen molar-refractivity contribution in [1.82, 2.24) is 10.3 Å². The SMILES string of the molecule is COc1ccccc1NC(=O)NCCNc1nc2c(C)cccc2cc1C#N. The highest BCUT2D eigenvalue weighted by Gasteiger charge is 2.09. The maximum atomic E-state index is 12.1. The van der Waals surface area contributed by atoms with E-state index in [1.54, 1.807) is 19.2 Å². The van der Waals surface area contributed by atoms with E-state index in [1.807, 2.05) is 43.3 Å². The summed E-state index contributed by atoms with van der Waals surface area (Å²) < 4.78 is 5.21. The summed E-state index contributed by atoms with van der Waals surface area (Å²) in [6.45, 7) is 2.77. The molecule has 3 rings (SSSR count). The average Bonchev–Trinajstić information content (AvgIpc) is 2.71. The fourth-order valence-electron chi connectivity index (χ4n) is 2.84. The van der Waals surface area contributed by atoms with Crippen LogP contribution in [-0.4, -0.2) is 31.2 Å². The molecule has 7 heteroatoms. The van der Waals surface area contributed by atoms with Crippen LogP contribution >= 0.6 is 0 Å². The van der Waals surface area contributed by atoms with Gasteiger partial charge in [0.25, 0.3) is 0 Å². The zero-order valence-electron chi connectivity index (χ0n) is 15.7. The lowest BCUT2D eigenvalue weighted by molar-refractivity contribution is 0.252. The van der Waals surface area contributed by atoms with Crippen molar-refractivity contribution in [1.29, 1.82) is 5.26 Å². The summed E-state index contributed by atoms with van der Waals surface area (Å²) >= 11 is 0. The average molecular weight is 375 g/mol. The van der Waals surface area contributed by atoms with Crippen LogP contribution in [-0.2, 0) is 0 Å². The summed E-state index contributed by atoms with van der Waals surface area (Å²) in [7, 11) is 1.55. The number of urea groups is 1. The normalized spacial score (nSPS) is 10.2. The number of carbonyl (C=O) groups excluding carboxylic acids is 1. The number of nitrogens with one attached hydrogen (secondary N) is 3. The monoisotopic (exact) mass is 375 g/mol. The van der Waals surface area contributed by atoms with Crippen molar-refractivity contribution in [3.05, 3.63) is 59.7 Å². The third-order valence-corrected chi connectivity index (χ3v) is 4.23. The van der Waals surface area contributed by atoms with Crippen LogP contribution in [0.2, 0.25) is 0 Å². The molecule has 0 radical (unpaired) electrons. The van der Waals surface area contributed by atoms with E-state index in [2.05, 4.69) is 27.0 Å². The van der Waals surface area contributed by atoms with Crippen molar-refractivity contribution in [2.75, 3.05) is 30.8 Å². The minimum atomic E-state index is -0.339. The van der Waals surface area contributed by atoms with E-state index in [-0.39, 0.29) is 6.03 Å². The van der Waals surface area contributed by atoms with Gasteiger partial charge in [-0.25, -0.2) is 9.78 Å². The van der Waals surface area contributed by atoms with Crippen LogP contribution in [0.5, 0.6) is 5.75 Å². The van der Waals surface area contributed by atoms with Crippen molar-refractivity contribution >= 4 is 28.4 Å². The van der Waals surface area contributed by atoms with Gasteiger partial charge in [0.15, 0.2) is 0 Å². The first kappa shape index (κ1) is 19.0. The van der Waals surface area contributed by atoms with Gasteiger partial charge in [0.05, 0.1) is 23.9 Å². The van der Waals surface area contributed by atoms with E-state index in [0.717, 1.165) is 16.5 Å². The Morgan fingerprint density at radius 1 is 1.18 bits per heavy atom. The Balaban J connectivity index is 1.58. The molecule has 0 spiro atoms. The van der Waals surface area contributed by atoms with E-state index >= 15 is 0 Å². The van der Waals surface area contributed by atoms with Crippen molar-refractivity contribution in [3.63, 3.8) is 0 Å². The Morgan fingerprint density at radius 2 is 2.00 bits per heavy atom. The number of rotatable bonds is 6. The molecular weight excluding hydrogens is 354 g/mol. The number of hydrogen-bond donors (Lipinski definition) is 3. The van der Waals surface area contributed by atoms with Gasteiger partial charge in [-0.2, -0.15) is 5.26 Å². The van der Waals surface area contributed by atoms with Crippen LogP contribution in [0.25, 0.3) is 10.9 Å². The first-order valence-electron chi connectivity index (χ1n) is 8.84. The second kappa shape index (κ2) is 8.73. The van der Waals surface area contributed by atoms with Gasteiger partial charge in [-0.05, 0) is 30.7 Å². The zero-order valence-corrected chi connectivity index (χ0v) is 15.7. The molecule has 0 bridgehead atoms.